The summed E-state index contributed by atoms with van der Waals surface area (Å²) >= 11 is 0. The first-order chi connectivity index (χ1) is 12.6. The number of nitriles is 1. The highest BCUT2D eigenvalue weighted by Crippen LogP contribution is 2.20. The van der Waals surface area contributed by atoms with Crippen molar-refractivity contribution >= 4 is 29.4 Å². The number of fused-ring (bicyclic) bond motifs is 1. The van der Waals surface area contributed by atoms with Gasteiger partial charge in [-0.1, -0.05) is 30.4 Å². The fourth-order valence-corrected chi connectivity index (χ4v) is 2.42. The summed E-state index contributed by atoms with van der Waals surface area (Å²) in [6.07, 6.45) is 8.59. The summed E-state index contributed by atoms with van der Waals surface area (Å²) in [6.45, 7) is -0.210. The molecule has 1 aromatic carbocycles. The lowest BCUT2D eigenvalue weighted by atomic mass is 9.96. The zero-order valence-electron chi connectivity index (χ0n) is 13.6. The van der Waals surface area contributed by atoms with Crippen LogP contribution in [0.4, 0.5) is 0 Å². The van der Waals surface area contributed by atoms with Crippen LogP contribution in [0.1, 0.15) is 5.56 Å². The van der Waals surface area contributed by atoms with E-state index >= 15 is 0 Å². The van der Waals surface area contributed by atoms with Crippen molar-refractivity contribution in [3.8, 4) is 11.8 Å². The lowest BCUT2D eigenvalue weighted by Gasteiger charge is -2.17. The van der Waals surface area contributed by atoms with Gasteiger partial charge >= 0.3 is 0 Å². The van der Waals surface area contributed by atoms with Gasteiger partial charge in [-0.15, -0.1) is 0 Å². The standard InChI is InChI=1S/C19H14N4O3/c20-10-13(9-12-5-7-14(8-6-12)26-11-17(21)24)18-22-16-4-2-1-3-15(16)19(25)23-18/h1-9,15H,11H2,(H2,21,24)/b13-9-. The van der Waals surface area contributed by atoms with E-state index < -0.39 is 11.8 Å². The smallest absolute Gasteiger partial charge is 0.260 e. The molecule has 2 aliphatic rings. The molecule has 0 spiro atoms. The quantitative estimate of drug-likeness (QED) is 0.814. The third kappa shape index (κ3) is 3.82. The molecule has 26 heavy (non-hydrogen) atoms. The Hall–Kier alpha value is -3.79. The van der Waals surface area contributed by atoms with Crippen molar-refractivity contribution in [2.45, 2.75) is 0 Å². The van der Waals surface area contributed by atoms with E-state index in [1.165, 1.54) is 0 Å². The SMILES string of the molecule is N#C/C(=C/c1ccc(OCC(N)=O)cc1)C1=NC(=O)C2C=CC=CC2=N1. The molecule has 7 nitrogen and oxygen atoms in total. The summed E-state index contributed by atoms with van der Waals surface area (Å²) in [6, 6.07) is 8.73. The van der Waals surface area contributed by atoms with Gasteiger partial charge in [-0.05, 0) is 29.8 Å². The van der Waals surface area contributed by atoms with Crippen LogP contribution in [-0.2, 0) is 9.59 Å². The second-order valence-electron chi connectivity index (χ2n) is 5.53. The maximum absolute atomic E-state index is 12.1. The minimum Gasteiger partial charge on any atom is -0.484 e. The molecular formula is C19H14N4O3. The van der Waals surface area contributed by atoms with Crippen molar-refractivity contribution in [2.75, 3.05) is 6.61 Å². The number of carbonyl (C=O) groups excluding carboxylic acids is 2. The average molecular weight is 346 g/mol. The van der Waals surface area contributed by atoms with Gasteiger partial charge in [0.1, 0.15) is 17.7 Å². The Morgan fingerprint density at radius 1 is 1.27 bits per heavy atom. The molecule has 0 radical (unpaired) electrons. The molecule has 1 unspecified atom stereocenters. The van der Waals surface area contributed by atoms with Crippen LogP contribution in [-0.4, -0.2) is 30.0 Å². The summed E-state index contributed by atoms with van der Waals surface area (Å²) in [5.74, 6) is -0.818. The molecule has 0 fully saturated rings. The number of nitrogens with zero attached hydrogens (tertiary/aromatic N) is 3. The number of primary amides is 1. The van der Waals surface area contributed by atoms with Crippen molar-refractivity contribution in [1.82, 2.24) is 0 Å². The molecule has 128 valence electrons. The van der Waals surface area contributed by atoms with Gasteiger partial charge in [-0.25, -0.2) is 4.99 Å². The molecule has 1 atom stereocenters. The summed E-state index contributed by atoms with van der Waals surface area (Å²) in [4.78, 5) is 31.1. The number of amidine groups is 1. The lowest BCUT2D eigenvalue weighted by Crippen LogP contribution is -2.27. The number of carbonyl (C=O) groups is 2. The van der Waals surface area contributed by atoms with Crippen LogP contribution in [0.5, 0.6) is 5.75 Å². The van der Waals surface area contributed by atoms with Crippen molar-refractivity contribution in [3.05, 3.63) is 59.7 Å². The summed E-state index contributed by atoms with van der Waals surface area (Å²) in [5.41, 5.74) is 6.47. The molecule has 1 aliphatic heterocycles. The number of ether oxygens (including phenoxy) is 1. The molecule has 2 N–H and O–H groups in total. The van der Waals surface area contributed by atoms with E-state index in [0.717, 1.165) is 0 Å². The second-order valence-corrected chi connectivity index (χ2v) is 5.53. The number of hydrogen-bond acceptors (Lipinski definition) is 5. The minimum atomic E-state index is -0.565. The summed E-state index contributed by atoms with van der Waals surface area (Å²) in [7, 11) is 0. The minimum absolute atomic E-state index is 0.0951. The van der Waals surface area contributed by atoms with Crippen LogP contribution in [0.25, 0.3) is 6.08 Å². The Labute approximate surface area is 149 Å². The number of nitrogens with two attached hydrogens (primary N) is 1. The zero-order valence-corrected chi connectivity index (χ0v) is 13.6. The second kappa shape index (κ2) is 7.40. The van der Waals surface area contributed by atoms with Crippen LogP contribution in [0.3, 0.4) is 0 Å². The lowest BCUT2D eigenvalue weighted by molar-refractivity contribution is -0.120. The topological polar surface area (TPSA) is 118 Å². The Bertz CT molecular complexity index is 944. The molecule has 0 saturated carbocycles. The maximum atomic E-state index is 12.1. The monoisotopic (exact) mass is 346 g/mol. The molecule has 1 aliphatic carbocycles. The Morgan fingerprint density at radius 2 is 2.04 bits per heavy atom. The fourth-order valence-electron chi connectivity index (χ4n) is 2.42. The fraction of sp³-hybridized carbons (Fsp3) is 0.105. The van der Waals surface area contributed by atoms with E-state index in [2.05, 4.69) is 9.98 Å². The number of hydrogen-bond donors (Lipinski definition) is 1. The Balaban J connectivity index is 1.83. The molecule has 1 heterocycles. The van der Waals surface area contributed by atoms with Gasteiger partial charge in [0.25, 0.3) is 11.8 Å². The molecule has 1 aromatic rings. The van der Waals surface area contributed by atoms with Gasteiger partial charge in [-0.2, -0.15) is 10.3 Å². The average Bonchev–Trinajstić information content (AvgIpc) is 2.65. The highest BCUT2D eigenvalue weighted by molar-refractivity contribution is 6.26. The van der Waals surface area contributed by atoms with Crippen molar-refractivity contribution < 1.29 is 14.3 Å². The largest absolute Gasteiger partial charge is 0.484 e. The molecular weight excluding hydrogens is 332 g/mol. The zero-order chi connectivity index (χ0) is 18.5. The van der Waals surface area contributed by atoms with Crippen molar-refractivity contribution in [2.24, 2.45) is 21.6 Å². The number of rotatable bonds is 5. The van der Waals surface area contributed by atoms with Gasteiger partial charge in [0.15, 0.2) is 12.4 Å². The van der Waals surface area contributed by atoms with Crippen LogP contribution in [0, 0.1) is 17.2 Å². The normalized spacial score (nSPS) is 18.5. The van der Waals surface area contributed by atoms with Gasteiger partial charge < -0.3 is 10.5 Å². The van der Waals surface area contributed by atoms with Gasteiger partial charge in [0.05, 0.1) is 11.3 Å². The molecule has 7 heteroatoms. The third-order valence-electron chi connectivity index (χ3n) is 3.65. The van der Waals surface area contributed by atoms with Crippen molar-refractivity contribution in [1.29, 1.82) is 5.26 Å². The van der Waals surface area contributed by atoms with Gasteiger partial charge in [-0.3, -0.25) is 9.59 Å². The number of amides is 2. The van der Waals surface area contributed by atoms with E-state index in [1.54, 1.807) is 54.6 Å². The number of allylic oxidation sites excluding steroid dienone is 3. The highest BCUT2D eigenvalue weighted by atomic mass is 16.5. The molecule has 0 bridgehead atoms. The Morgan fingerprint density at radius 3 is 2.73 bits per heavy atom. The molecule has 3 rings (SSSR count). The van der Waals surface area contributed by atoms with E-state index in [1.807, 2.05) is 6.07 Å². The molecule has 0 aromatic heterocycles. The number of aliphatic imine (C=N–C) groups is 2. The summed E-state index contributed by atoms with van der Waals surface area (Å²) < 4.78 is 5.18. The van der Waals surface area contributed by atoms with E-state index in [0.29, 0.717) is 17.0 Å². The van der Waals surface area contributed by atoms with Crippen molar-refractivity contribution in [3.63, 3.8) is 0 Å². The van der Waals surface area contributed by atoms with E-state index in [9.17, 15) is 14.9 Å². The highest BCUT2D eigenvalue weighted by Gasteiger charge is 2.27. The first-order valence-electron chi connectivity index (χ1n) is 7.76. The third-order valence-corrected chi connectivity index (χ3v) is 3.65. The van der Waals surface area contributed by atoms with E-state index in [-0.39, 0.29) is 23.9 Å². The summed E-state index contributed by atoms with van der Waals surface area (Å²) in [5, 5.41) is 9.43. The Kier molecular flexibility index (Phi) is 4.85. The van der Waals surface area contributed by atoms with Crippen LogP contribution < -0.4 is 10.5 Å². The van der Waals surface area contributed by atoms with Crippen LogP contribution >= 0.6 is 0 Å². The molecule has 2 amide bonds. The van der Waals surface area contributed by atoms with Gasteiger partial charge in [0.2, 0.25) is 0 Å². The van der Waals surface area contributed by atoms with E-state index in [4.69, 9.17) is 10.5 Å². The van der Waals surface area contributed by atoms with Crippen LogP contribution in [0.15, 0.2) is 64.1 Å². The predicted molar refractivity (Wildman–Crippen MR) is 96.4 cm³/mol. The van der Waals surface area contributed by atoms with Crippen LogP contribution in [0.2, 0.25) is 0 Å². The first kappa shape index (κ1) is 17.0. The van der Waals surface area contributed by atoms with Gasteiger partial charge in [0, 0.05) is 0 Å². The molecule has 0 saturated heterocycles. The predicted octanol–water partition coefficient (Wildman–Crippen LogP) is 1.58. The first-order valence-corrected chi connectivity index (χ1v) is 7.76. The maximum Gasteiger partial charge on any atom is 0.260 e. The number of benzene rings is 1.